The zero-order valence-electron chi connectivity index (χ0n) is 15.7. The molecule has 1 saturated carbocycles. The van der Waals surface area contributed by atoms with Crippen LogP contribution in [0.15, 0.2) is 44.2 Å². The van der Waals surface area contributed by atoms with Gasteiger partial charge < -0.3 is 5.11 Å². The van der Waals surface area contributed by atoms with Crippen molar-refractivity contribution in [1.82, 2.24) is 9.78 Å². The molecule has 1 heterocycles. The standard InChI is InChI=1S/C16H18N4O9S2/c21-15-13(18-17-9-1-5-11(6-2-9)30(24,25)26)14(16(22)23)19-20(15)10-3-7-12(8-4-10)31(27,28)29/h3-4,7-9,11,19H,1-2,5-6H2,(H,22,23)(H,24,25,26)(H,27,28,29). The summed E-state index contributed by atoms with van der Waals surface area (Å²) in [5.41, 5.74) is -1.79. The van der Waals surface area contributed by atoms with Gasteiger partial charge in [-0.3, -0.25) is 19.0 Å². The van der Waals surface area contributed by atoms with Crippen molar-refractivity contribution >= 4 is 31.9 Å². The van der Waals surface area contributed by atoms with Gasteiger partial charge in [0.15, 0.2) is 11.4 Å². The summed E-state index contributed by atoms with van der Waals surface area (Å²) in [5, 5.41) is 18.6. The molecule has 0 bridgehead atoms. The number of carboxylic acid groups (broad SMARTS) is 1. The van der Waals surface area contributed by atoms with Crippen LogP contribution >= 0.6 is 0 Å². The quantitative estimate of drug-likeness (QED) is 0.351. The Morgan fingerprint density at radius 2 is 1.61 bits per heavy atom. The summed E-state index contributed by atoms with van der Waals surface area (Å²) in [6.45, 7) is 0. The first-order valence-electron chi connectivity index (χ1n) is 8.91. The highest BCUT2D eigenvalue weighted by Crippen LogP contribution is 2.27. The highest BCUT2D eigenvalue weighted by atomic mass is 32.2. The first-order valence-corrected chi connectivity index (χ1v) is 11.9. The lowest BCUT2D eigenvalue weighted by Crippen LogP contribution is -2.27. The number of carbonyl (C=O) groups is 1. The van der Waals surface area contributed by atoms with Crippen LogP contribution in [-0.2, 0) is 20.2 Å². The number of benzene rings is 1. The van der Waals surface area contributed by atoms with Gasteiger partial charge in [0.05, 0.1) is 21.9 Å². The fraction of sp³-hybridized carbons (Fsp3) is 0.375. The molecule has 31 heavy (non-hydrogen) atoms. The van der Waals surface area contributed by atoms with Crippen molar-refractivity contribution in [3.8, 4) is 5.69 Å². The van der Waals surface area contributed by atoms with Gasteiger partial charge in [0.2, 0.25) is 0 Å². The number of aromatic nitrogens is 2. The SMILES string of the molecule is O=C(O)c1[nH]n(-c2ccc(S(=O)(=O)O)cc2)c(=O)c1N=NC1CCC(S(=O)(=O)O)CC1. The second-order valence-electron chi connectivity index (χ2n) is 6.91. The molecular weight excluding hydrogens is 456 g/mol. The molecular formula is C16H18N4O9S2. The molecule has 0 radical (unpaired) electrons. The molecule has 0 atom stereocenters. The van der Waals surface area contributed by atoms with E-state index in [1.807, 2.05) is 0 Å². The average Bonchev–Trinajstić information content (AvgIpc) is 3.02. The van der Waals surface area contributed by atoms with Crippen LogP contribution in [0.3, 0.4) is 0 Å². The molecule has 1 aliphatic carbocycles. The molecule has 1 fully saturated rings. The van der Waals surface area contributed by atoms with Crippen LogP contribution in [0, 0.1) is 0 Å². The van der Waals surface area contributed by atoms with E-state index in [2.05, 4.69) is 15.3 Å². The number of nitrogens with zero attached hydrogens (tertiary/aromatic N) is 3. The summed E-state index contributed by atoms with van der Waals surface area (Å²) in [6.07, 6.45) is 0.885. The van der Waals surface area contributed by atoms with E-state index in [0.717, 1.165) is 16.8 Å². The minimum absolute atomic E-state index is 0.0926. The zero-order chi connectivity index (χ0) is 23.0. The number of aromatic amines is 1. The number of hydrogen-bond donors (Lipinski definition) is 4. The van der Waals surface area contributed by atoms with Crippen LogP contribution in [0.1, 0.15) is 36.2 Å². The lowest BCUT2D eigenvalue weighted by molar-refractivity contribution is 0.0690. The molecule has 168 valence electrons. The Bertz CT molecular complexity index is 1280. The third-order valence-electron chi connectivity index (χ3n) is 4.86. The van der Waals surface area contributed by atoms with Crippen LogP contribution in [0.4, 0.5) is 5.69 Å². The second-order valence-corrected chi connectivity index (χ2v) is 10.0. The third kappa shape index (κ3) is 5.07. The van der Waals surface area contributed by atoms with E-state index in [0.29, 0.717) is 0 Å². The molecule has 4 N–H and O–H groups in total. The highest BCUT2D eigenvalue weighted by molar-refractivity contribution is 7.86. The first-order chi connectivity index (χ1) is 14.4. The molecule has 3 rings (SSSR count). The summed E-state index contributed by atoms with van der Waals surface area (Å²) >= 11 is 0. The van der Waals surface area contributed by atoms with Crippen LogP contribution < -0.4 is 5.56 Å². The predicted molar refractivity (Wildman–Crippen MR) is 105 cm³/mol. The zero-order valence-corrected chi connectivity index (χ0v) is 17.4. The number of H-pyrrole nitrogens is 1. The van der Waals surface area contributed by atoms with E-state index in [4.69, 9.17) is 9.11 Å². The lowest BCUT2D eigenvalue weighted by Gasteiger charge is -2.22. The fourth-order valence-electron chi connectivity index (χ4n) is 3.22. The number of hydrogen-bond acceptors (Lipinski definition) is 8. The highest BCUT2D eigenvalue weighted by Gasteiger charge is 2.30. The molecule has 0 saturated heterocycles. The number of azo groups is 1. The molecule has 2 aromatic rings. The van der Waals surface area contributed by atoms with Gasteiger partial charge in [-0.2, -0.15) is 21.9 Å². The Morgan fingerprint density at radius 3 is 2.10 bits per heavy atom. The molecule has 15 heteroatoms. The molecule has 1 aromatic heterocycles. The van der Waals surface area contributed by atoms with Crippen molar-refractivity contribution in [3.63, 3.8) is 0 Å². The van der Waals surface area contributed by atoms with Crippen LogP contribution in [-0.4, -0.2) is 58.1 Å². The number of carboxylic acids is 1. The first kappa shape index (κ1) is 22.8. The normalized spacial score (nSPS) is 20.2. The molecule has 0 spiro atoms. The van der Waals surface area contributed by atoms with Crippen LogP contribution in [0.2, 0.25) is 0 Å². The number of aromatic carboxylic acids is 1. The average molecular weight is 474 g/mol. The minimum Gasteiger partial charge on any atom is -0.476 e. The van der Waals surface area contributed by atoms with Crippen molar-refractivity contribution in [2.24, 2.45) is 10.2 Å². The summed E-state index contributed by atoms with van der Waals surface area (Å²) in [6, 6.07) is 3.99. The Balaban J connectivity index is 1.88. The summed E-state index contributed by atoms with van der Waals surface area (Å²) in [5.74, 6) is -1.48. The predicted octanol–water partition coefficient (Wildman–Crippen LogP) is 1.39. The molecule has 0 aliphatic heterocycles. The van der Waals surface area contributed by atoms with E-state index in [-0.39, 0.29) is 31.4 Å². The fourth-order valence-corrected chi connectivity index (χ4v) is 4.57. The Kier molecular flexibility index (Phi) is 6.13. The molecule has 1 aromatic carbocycles. The van der Waals surface area contributed by atoms with Gasteiger partial charge in [0.1, 0.15) is 0 Å². The molecule has 13 nitrogen and oxygen atoms in total. The van der Waals surface area contributed by atoms with Gasteiger partial charge in [-0.1, -0.05) is 0 Å². The van der Waals surface area contributed by atoms with Gasteiger partial charge in [0, 0.05) is 0 Å². The van der Waals surface area contributed by atoms with E-state index in [1.54, 1.807) is 0 Å². The molecule has 0 unspecified atom stereocenters. The smallest absolute Gasteiger partial charge is 0.356 e. The maximum absolute atomic E-state index is 12.7. The maximum atomic E-state index is 12.7. The topological polar surface area (TPSA) is 209 Å². The summed E-state index contributed by atoms with van der Waals surface area (Å²) < 4.78 is 63.6. The van der Waals surface area contributed by atoms with E-state index in [1.165, 1.54) is 12.1 Å². The maximum Gasteiger partial charge on any atom is 0.356 e. The van der Waals surface area contributed by atoms with Crippen molar-refractivity contribution in [2.75, 3.05) is 0 Å². The van der Waals surface area contributed by atoms with E-state index >= 15 is 0 Å². The Labute approximate surface area is 175 Å². The third-order valence-corrected chi connectivity index (χ3v) is 7.04. The molecule has 0 amide bonds. The van der Waals surface area contributed by atoms with Crippen molar-refractivity contribution in [2.45, 2.75) is 41.9 Å². The van der Waals surface area contributed by atoms with Crippen molar-refractivity contribution < 1.29 is 35.8 Å². The van der Waals surface area contributed by atoms with Gasteiger partial charge in [-0.25, -0.2) is 9.48 Å². The van der Waals surface area contributed by atoms with Gasteiger partial charge in [-0.15, -0.1) is 5.11 Å². The monoisotopic (exact) mass is 474 g/mol. The van der Waals surface area contributed by atoms with E-state index < -0.39 is 59.3 Å². The number of rotatable bonds is 6. The second kappa shape index (κ2) is 8.33. The van der Waals surface area contributed by atoms with E-state index in [9.17, 15) is 31.5 Å². The van der Waals surface area contributed by atoms with Crippen LogP contribution in [0.5, 0.6) is 0 Å². The summed E-state index contributed by atoms with van der Waals surface area (Å²) in [7, 11) is -8.58. The van der Waals surface area contributed by atoms with Crippen molar-refractivity contribution in [1.29, 1.82) is 0 Å². The number of nitrogens with one attached hydrogen (secondary N) is 1. The Hall–Kier alpha value is -2.88. The van der Waals surface area contributed by atoms with Crippen molar-refractivity contribution in [3.05, 3.63) is 40.3 Å². The summed E-state index contributed by atoms with van der Waals surface area (Å²) in [4.78, 5) is 23.8. The van der Waals surface area contributed by atoms with Crippen LogP contribution in [0.25, 0.3) is 5.69 Å². The van der Waals surface area contributed by atoms with Gasteiger partial charge >= 0.3 is 5.97 Å². The Morgan fingerprint density at radius 1 is 1.03 bits per heavy atom. The van der Waals surface area contributed by atoms with Gasteiger partial charge in [-0.05, 0) is 49.9 Å². The van der Waals surface area contributed by atoms with Gasteiger partial charge in [0.25, 0.3) is 25.8 Å². The molecule has 1 aliphatic rings. The minimum atomic E-state index is -4.44. The largest absolute Gasteiger partial charge is 0.476 e. The lowest BCUT2D eigenvalue weighted by atomic mass is 9.96.